The third kappa shape index (κ3) is 4.78. The van der Waals surface area contributed by atoms with Gasteiger partial charge in [0.2, 0.25) is 5.91 Å². The quantitative estimate of drug-likeness (QED) is 0.732. The first kappa shape index (κ1) is 12.0. The highest BCUT2D eigenvalue weighted by Crippen LogP contribution is 2.20. The van der Waals surface area contributed by atoms with Crippen molar-refractivity contribution in [1.29, 1.82) is 0 Å². The summed E-state index contributed by atoms with van der Waals surface area (Å²) in [7, 11) is 0. The Labute approximate surface area is 95.6 Å². The van der Waals surface area contributed by atoms with Crippen molar-refractivity contribution in [3.63, 3.8) is 0 Å². The fraction of sp³-hybridized carbons (Fsp3) is 0.250. The number of nitrogens with two attached hydrogens (primary N) is 1. The molecule has 0 fully saturated rings. The summed E-state index contributed by atoms with van der Waals surface area (Å²) < 4.78 is 0.702. The maximum absolute atomic E-state index is 11.0. The first-order valence-corrected chi connectivity index (χ1v) is 5.31. The van der Waals surface area contributed by atoms with E-state index in [4.69, 9.17) is 17.3 Å². The molecule has 1 rings (SSSR count). The molecule has 7 heteroatoms. The zero-order chi connectivity index (χ0) is 11.3. The van der Waals surface area contributed by atoms with Crippen molar-refractivity contribution in [2.75, 3.05) is 6.54 Å². The zero-order valence-corrected chi connectivity index (χ0v) is 9.32. The zero-order valence-electron chi connectivity index (χ0n) is 7.75. The lowest BCUT2D eigenvalue weighted by atomic mass is 10.4. The number of nitrogens with one attached hydrogen (secondary N) is 2. The van der Waals surface area contributed by atoms with Crippen molar-refractivity contribution < 1.29 is 9.59 Å². The van der Waals surface area contributed by atoms with Crippen molar-refractivity contribution in [2.24, 2.45) is 5.73 Å². The summed E-state index contributed by atoms with van der Waals surface area (Å²) in [6, 6.07) is 2.81. The van der Waals surface area contributed by atoms with E-state index < -0.39 is 11.9 Å². The van der Waals surface area contributed by atoms with Crippen LogP contribution in [0.25, 0.3) is 0 Å². The van der Waals surface area contributed by atoms with Crippen LogP contribution in [-0.4, -0.2) is 18.5 Å². The van der Waals surface area contributed by atoms with Crippen molar-refractivity contribution >= 4 is 34.9 Å². The van der Waals surface area contributed by atoms with Crippen LogP contribution in [-0.2, 0) is 11.3 Å². The molecule has 82 valence electrons. The van der Waals surface area contributed by atoms with Gasteiger partial charge in [-0.25, -0.2) is 4.79 Å². The number of amides is 3. The van der Waals surface area contributed by atoms with E-state index in [1.54, 1.807) is 6.07 Å². The van der Waals surface area contributed by atoms with Gasteiger partial charge in [-0.15, -0.1) is 11.3 Å². The van der Waals surface area contributed by atoms with Gasteiger partial charge in [0.05, 0.1) is 10.9 Å². The molecule has 0 aliphatic carbocycles. The molecule has 0 unspecified atom stereocenters. The maximum atomic E-state index is 11.0. The fourth-order valence-corrected chi connectivity index (χ4v) is 1.98. The lowest BCUT2D eigenvalue weighted by molar-refractivity contribution is -0.119. The number of carbonyl (C=O) groups excluding carboxylic acids is 2. The fourth-order valence-electron chi connectivity index (χ4n) is 0.928. The van der Waals surface area contributed by atoms with Crippen molar-refractivity contribution in [3.8, 4) is 0 Å². The molecule has 0 saturated heterocycles. The highest BCUT2D eigenvalue weighted by Gasteiger charge is 2.03. The largest absolute Gasteiger partial charge is 0.351 e. The Bertz CT molecular complexity index is 367. The molecule has 0 bridgehead atoms. The number of thiophene rings is 1. The predicted octanol–water partition coefficient (Wildman–Crippen LogP) is 0.686. The van der Waals surface area contributed by atoms with Crippen LogP contribution in [0.15, 0.2) is 12.1 Å². The van der Waals surface area contributed by atoms with E-state index in [0.717, 1.165) is 4.88 Å². The van der Waals surface area contributed by atoms with E-state index in [2.05, 4.69) is 5.32 Å². The normalized spacial score (nSPS) is 9.93. The van der Waals surface area contributed by atoms with E-state index in [9.17, 15) is 9.59 Å². The van der Waals surface area contributed by atoms with Crippen LogP contribution in [0.4, 0.5) is 4.79 Å². The van der Waals surface area contributed by atoms with Gasteiger partial charge in [0.25, 0.3) is 0 Å². The van der Waals surface area contributed by atoms with Crippen LogP contribution in [0.5, 0.6) is 0 Å². The van der Waals surface area contributed by atoms with E-state index in [1.807, 2.05) is 11.4 Å². The smallest absolute Gasteiger partial charge is 0.318 e. The van der Waals surface area contributed by atoms with E-state index in [1.165, 1.54) is 11.3 Å². The Balaban J connectivity index is 2.22. The van der Waals surface area contributed by atoms with Gasteiger partial charge in [-0.3, -0.25) is 10.1 Å². The van der Waals surface area contributed by atoms with Gasteiger partial charge in [-0.2, -0.15) is 0 Å². The minimum Gasteiger partial charge on any atom is -0.351 e. The third-order valence-electron chi connectivity index (χ3n) is 1.48. The van der Waals surface area contributed by atoms with Gasteiger partial charge in [0, 0.05) is 11.4 Å². The molecule has 0 aromatic carbocycles. The molecule has 0 aliphatic rings. The Hall–Kier alpha value is -1.11. The number of primary amides is 1. The van der Waals surface area contributed by atoms with Crippen LogP contribution in [0, 0.1) is 0 Å². The SMILES string of the molecule is NC(=O)NC(=O)CNCc1ccc(Cl)s1. The number of hydrogen-bond donors (Lipinski definition) is 3. The molecular weight excluding hydrogens is 238 g/mol. The first-order valence-electron chi connectivity index (χ1n) is 4.12. The highest BCUT2D eigenvalue weighted by molar-refractivity contribution is 7.16. The third-order valence-corrected chi connectivity index (χ3v) is 2.71. The topological polar surface area (TPSA) is 84.2 Å². The Morgan fingerprint density at radius 2 is 2.20 bits per heavy atom. The lowest BCUT2D eigenvalue weighted by Gasteiger charge is -2.01. The minimum atomic E-state index is -0.846. The predicted molar refractivity (Wildman–Crippen MR) is 58.8 cm³/mol. The molecule has 15 heavy (non-hydrogen) atoms. The average Bonchev–Trinajstić information content (AvgIpc) is 2.50. The molecule has 3 amide bonds. The van der Waals surface area contributed by atoms with Crippen molar-refractivity contribution in [3.05, 3.63) is 21.3 Å². The van der Waals surface area contributed by atoms with Crippen LogP contribution in [0.2, 0.25) is 4.34 Å². The number of halogens is 1. The van der Waals surface area contributed by atoms with Crippen molar-refractivity contribution in [2.45, 2.75) is 6.54 Å². The van der Waals surface area contributed by atoms with Crippen molar-refractivity contribution in [1.82, 2.24) is 10.6 Å². The highest BCUT2D eigenvalue weighted by atomic mass is 35.5. The monoisotopic (exact) mass is 247 g/mol. The molecule has 1 aromatic rings. The molecule has 0 radical (unpaired) electrons. The lowest BCUT2D eigenvalue weighted by Crippen LogP contribution is -2.40. The summed E-state index contributed by atoms with van der Waals surface area (Å²) in [4.78, 5) is 22.3. The summed E-state index contributed by atoms with van der Waals surface area (Å²) in [5.74, 6) is -0.454. The molecule has 5 nitrogen and oxygen atoms in total. The van der Waals surface area contributed by atoms with E-state index >= 15 is 0 Å². The first-order chi connectivity index (χ1) is 7.08. The summed E-state index contributed by atoms with van der Waals surface area (Å²) in [5.41, 5.74) is 4.77. The Morgan fingerprint density at radius 1 is 1.47 bits per heavy atom. The second kappa shape index (κ2) is 5.69. The molecule has 0 atom stereocenters. The number of rotatable bonds is 4. The maximum Gasteiger partial charge on any atom is 0.318 e. The number of imide groups is 1. The second-order valence-corrected chi connectivity index (χ2v) is 4.52. The Morgan fingerprint density at radius 3 is 2.73 bits per heavy atom. The van der Waals surface area contributed by atoms with Gasteiger partial charge in [-0.1, -0.05) is 11.6 Å². The molecule has 1 heterocycles. The number of carbonyl (C=O) groups is 2. The summed E-state index contributed by atoms with van der Waals surface area (Å²) >= 11 is 7.15. The van der Waals surface area contributed by atoms with Gasteiger partial charge in [-0.05, 0) is 12.1 Å². The van der Waals surface area contributed by atoms with Crippen LogP contribution >= 0.6 is 22.9 Å². The molecule has 0 spiro atoms. The van der Waals surface area contributed by atoms with E-state index in [0.29, 0.717) is 10.9 Å². The van der Waals surface area contributed by atoms with Gasteiger partial charge >= 0.3 is 6.03 Å². The standard InChI is InChI=1S/C8H10ClN3O2S/c9-6-2-1-5(15-6)3-11-4-7(13)12-8(10)14/h1-2,11H,3-4H2,(H3,10,12,13,14). The number of hydrogen-bond acceptors (Lipinski definition) is 4. The summed E-state index contributed by atoms with van der Waals surface area (Å²) in [6.45, 7) is 0.571. The molecular formula is C8H10ClN3O2S. The number of urea groups is 1. The molecule has 0 saturated carbocycles. The van der Waals surface area contributed by atoms with Gasteiger partial charge in [0.15, 0.2) is 0 Å². The van der Waals surface area contributed by atoms with E-state index in [-0.39, 0.29) is 6.54 Å². The molecule has 0 aliphatic heterocycles. The summed E-state index contributed by atoms with van der Waals surface area (Å²) in [5, 5.41) is 4.80. The van der Waals surface area contributed by atoms with Gasteiger partial charge < -0.3 is 11.1 Å². The second-order valence-electron chi connectivity index (χ2n) is 2.72. The Kier molecular flexibility index (Phi) is 4.54. The average molecular weight is 248 g/mol. The molecule has 4 N–H and O–H groups in total. The van der Waals surface area contributed by atoms with Crippen LogP contribution in [0.3, 0.4) is 0 Å². The molecule has 1 aromatic heterocycles. The minimum absolute atomic E-state index is 0.0401. The summed E-state index contributed by atoms with van der Waals surface area (Å²) in [6.07, 6.45) is 0. The van der Waals surface area contributed by atoms with Crippen LogP contribution in [0.1, 0.15) is 4.88 Å². The van der Waals surface area contributed by atoms with Gasteiger partial charge in [0.1, 0.15) is 0 Å². The van der Waals surface area contributed by atoms with Crippen LogP contribution < -0.4 is 16.4 Å².